The molecule has 0 unspecified atom stereocenters. The Hall–Kier alpha value is -3.21. The van der Waals surface area contributed by atoms with Gasteiger partial charge in [-0.25, -0.2) is 4.98 Å². The quantitative estimate of drug-likeness (QED) is 0.678. The van der Waals surface area contributed by atoms with Crippen molar-refractivity contribution in [3.8, 4) is 0 Å². The van der Waals surface area contributed by atoms with Gasteiger partial charge in [-0.05, 0) is 25.0 Å². The number of amides is 1. The third-order valence-corrected chi connectivity index (χ3v) is 4.41. The summed E-state index contributed by atoms with van der Waals surface area (Å²) >= 11 is 0. The summed E-state index contributed by atoms with van der Waals surface area (Å²) in [5, 5.41) is 0. The van der Waals surface area contributed by atoms with Crippen LogP contribution in [0.5, 0.6) is 0 Å². The van der Waals surface area contributed by atoms with Crippen molar-refractivity contribution in [2.24, 2.45) is 0 Å². The van der Waals surface area contributed by atoms with E-state index >= 15 is 0 Å². The molecule has 3 aromatic rings. The molecule has 0 spiro atoms. The average molecular weight is 361 g/mol. The molecule has 0 radical (unpaired) electrons. The first-order valence-electron chi connectivity index (χ1n) is 8.93. The van der Waals surface area contributed by atoms with E-state index in [4.69, 9.17) is 0 Å². The molecule has 0 fully saturated rings. The number of hydrogen-bond acceptors (Lipinski definition) is 3. The zero-order valence-electron chi connectivity index (χ0n) is 15.6. The summed E-state index contributed by atoms with van der Waals surface area (Å²) in [5.41, 5.74) is 2.56. The molecule has 0 aliphatic rings. The zero-order valence-corrected chi connectivity index (χ0v) is 15.6. The molecule has 5 heteroatoms. The summed E-state index contributed by atoms with van der Waals surface area (Å²) in [6, 6.07) is 21.2. The van der Waals surface area contributed by atoms with E-state index in [1.807, 2.05) is 60.7 Å². The van der Waals surface area contributed by atoms with Crippen molar-refractivity contribution in [1.82, 2.24) is 14.5 Å². The minimum atomic E-state index is -0.201. The summed E-state index contributed by atoms with van der Waals surface area (Å²) in [6.45, 7) is 4.49. The second-order valence-electron chi connectivity index (χ2n) is 6.59. The predicted octanol–water partition coefficient (Wildman–Crippen LogP) is 3.09. The van der Waals surface area contributed by atoms with Gasteiger partial charge in [0, 0.05) is 24.8 Å². The van der Waals surface area contributed by atoms with Crippen molar-refractivity contribution < 1.29 is 4.79 Å². The van der Waals surface area contributed by atoms with Crippen LogP contribution < -0.4 is 5.56 Å². The van der Waals surface area contributed by atoms with Gasteiger partial charge in [-0.1, -0.05) is 60.7 Å². The molecule has 3 rings (SSSR count). The maximum Gasteiger partial charge on any atom is 0.254 e. The third-order valence-electron chi connectivity index (χ3n) is 4.41. The first-order valence-corrected chi connectivity index (χ1v) is 8.93. The van der Waals surface area contributed by atoms with Crippen molar-refractivity contribution >= 4 is 5.91 Å². The molecule has 0 aliphatic carbocycles. The number of carbonyl (C=O) groups is 1. The molecular weight excluding hydrogens is 338 g/mol. The van der Waals surface area contributed by atoms with Gasteiger partial charge in [-0.3, -0.25) is 14.2 Å². The lowest BCUT2D eigenvalue weighted by molar-refractivity contribution is -0.133. The molecule has 5 nitrogen and oxygen atoms in total. The van der Waals surface area contributed by atoms with Crippen molar-refractivity contribution in [2.45, 2.75) is 33.5 Å². The fourth-order valence-corrected chi connectivity index (χ4v) is 3.03. The summed E-state index contributed by atoms with van der Waals surface area (Å²) in [6.07, 6.45) is 0. The molecule has 138 valence electrons. The van der Waals surface area contributed by atoms with Gasteiger partial charge in [0.05, 0.1) is 0 Å². The predicted molar refractivity (Wildman–Crippen MR) is 105 cm³/mol. The Kier molecular flexibility index (Phi) is 5.81. The van der Waals surface area contributed by atoms with E-state index in [1.54, 1.807) is 18.7 Å². The van der Waals surface area contributed by atoms with E-state index in [9.17, 15) is 9.59 Å². The van der Waals surface area contributed by atoms with E-state index in [2.05, 4.69) is 4.98 Å². The molecule has 0 saturated carbocycles. The number of aryl methyl sites for hydroxylation is 2. The summed E-state index contributed by atoms with van der Waals surface area (Å²) in [4.78, 5) is 31.4. The lowest BCUT2D eigenvalue weighted by atomic mass is 10.1. The highest BCUT2D eigenvalue weighted by atomic mass is 16.2. The molecule has 1 amide bonds. The minimum Gasteiger partial charge on any atom is -0.332 e. The van der Waals surface area contributed by atoms with Crippen LogP contribution in [0.1, 0.15) is 22.6 Å². The van der Waals surface area contributed by atoms with Crippen molar-refractivity contribution in [3.05, 3.63) is 99.7 Å². The second kappa shape index (κ2) is 8.45. The Bertz CT molecular complexity index is 924. The van der Waals surface area contributed by atoms with Gasteiger partial charge >= 0.3 is 0 Å². The molecule has 0 aliphatic heterocycles. The van der Waals surface area contributed by atoms with Gasteiger partial charge in [0.1, 0.15) is 12.4 Å². The lowest BCUT2D eigenvalue weighted by Crippen LogP contribution is -2.36. The van der Waals surface area contributed by atoms with E-state index in [-0.39, 0.29) is 18.0 Å². The van der Waals surface area contributed by atoms with Crippen molar-refractivity contribution in [3.63, 3.8) is 0 Å². The van der Waals surface area contributed by atoms with Gasteiger partial charge in [0.2, 0.25) is 5.91 Å². The van der Waals surface area contributed by atoms with E-state index in [1.165, 1.54) is 10.6 Å². The fourth-order valence-electron chi connectivity index (χ4n) is 3.03. The van der Waals surface area contributed by atoms with Crippen LogP contribution in [-0.4, -0.2) is 20.4 Å². The lowest BCUT2D eigenvalue weighted by Gasteiger charge is -2.24. The minimum absolute atomic E-state index is 0.0163. The molecule has 0 saturated heterocycles. The maximum atomic E-state index is 13.0. The molecule has 0 atom stereocenters. The van der Waals surface area contributed by atoms with E-state index in [0.717, 1.165) is 11.1 Å². The number of carbonyl (C=O) groups excluding carboxylic acids is 1. The summed E-state index contributed by atoms with van der Waals surface area (Å²) in [7, 11) is 0. The van der Waals surface area contributed by atoms with Gasteiger partial charge < -0.3 is 4.90 Å². The number of rotatable bonds is 6. The third kappa shape index (κ3) is 4.91. The van der Waals surface area contributed by atoms with E-state index in [0.29, 0.717) is 24.6 Å². The Morgan fingerprint density at radius 1 is 0.926 bits per heavy atom. The number of aromatic nitrogens is 2. The largest absolute Gasteiger partial charge is 0.332 e. The van der Waals surface area contributed by atoms with E-state index < -0.39 is 0 Å². The Morgan fingerprint density at radius 2 is 1.44 bits per heavy atom. The Morgan fingerprint density at radius 3 is 1.93 bits per heavy atom. The SMILES string of the molecule is Cc1cc(=O)n(CC(=O)N(Cc2ccccc2)Cc2ccccc2)c(C)n1. The molecule has 2 aromatic carbocycles. The van der Waals surface area contributed by atoms with Gasteiger partial charge in [-0.2, -0.15) is 0 Å². The normalized spacial score (nSPS) is 10.6. The molecule has 1 aromatic heterocycles. The Balaban J connectivity index is 1.85. The van der Waals surface area contributed by atoms with Crippen LogP contribution >= 0.6 is 0 Å². The highest BCUT2D eigenvalue weighted by Crippen LogP contribution is 2.11. The second-order valence-corrected chi connectivity index (χ2v) is 6.59. The standard InChI is InChI=1S/C22H23N3O2/c1-17-13-21(26)25(18(2)23-17)16-22(27)24(14-19-9-5-3-6-10-19)15-20-11-7-4-8-12-20/h3-13H,14-16H2,1-2H3. The first-order chi connectivity index (χ1) is 13.0. The van der Waals surface area contributed by atoms with Crippen molar-refractivity contribution in [2.75, 3.05) is 0 Å². The summed E-state index contributed by atoms with van der Waals surface area (Å²) in [5.74, 6) is 0.436. The number of benzene rings is 2. The molecule has 0 bridgehead atoms. The highest BCUT2D eigenvalue weighted by Gasteiger charge is 2.17. The van der Waals surface area contributed by atoms with Crippen LogP contribution in [0.2, 0.25) is 0 Å². The monoisotopic (exact) mass is 361 g/mol. The molecular formula is C22H23N3O2. The average Bonchev–Trinajstić information content (AvgIpc) is 2.65. The van der Waals surface area contributed by atoms with Gasteiger partial charge in [0.15, 0.2) is 0 Å². The van der Waals surface area contributed by atoms with Crippen LogP contribution in [0.15, 0.2) is 71.5 Å². The topological polar surface area (TPSA) is 55.2 Å². The number of hydrogen-bond donors (Lipinski definition) is 0. The van der Waals surface area contributed by atoms with Crippen LogP contribution in [-0.2, 0) is 24.4 Å². The summed E-state index contributed by atoms with van der Waals surface area (Å²) < 4.78 is 1.43. The van der Waals surface area contributed by atoms with Crippen molar-refractivity contribution in [1.29, 1.82) is 0 Å². The van der Waals surface area contributed by atoms with Crippen LogP contribution in [0.25, 0.3) is 0 Å². The highest BCUT2D eigenvalue weighted by molar-refractivity contribution is 5.76. The number of nitrogens with zero attached hydrogens (tertiary/aromatic N) is 3. The van der Waals surface area contributed by atoms with Gasteiger partial charge in [0.25, 0.3) is 5.56 Å². The first kappa shape index (κ1) is 18.6. The maximum absolute atomic E-state index is 13.0. The molecule has 1 heterocycles. The molecule has 0 N–H and O–H groups in total. The van der Waals surface area contributed by atoms with Crippen LogP contribution in [0, 0.1) is 13.8 Å². The Labute approximate surface area is 158 Å². The zero-order chi connectivity index (χ0) is 19.2. The smallest absolute Gasteiger partial charge is 0.254 e. The van der Waals surface area contributed by atoms with Crippen LogP contribution in [0.4, 0.5) is 0 Å². The fraction of sp³-hybridized carbons (Fsp3) is 0.227. The van der Waals surface area contributed by atoms with Gasteiger partial charge in [-0.15, -0.1) is 0 Å². The van der Waals surface area contributed by atoms with Crippen LogP contribution in [0.3, 0.4) is 0 Å². The molecule has 27 heavy (non-hydrogen) atoms.